The fraction of sp³-hybridized carbons (Fsp3) is 0.190. The molecule has 0 saturated carbocycles. The Labute approximate surface area is 177 Å². The molecular formula is C21H20ClF2N5O. The number of aliphatic imine (C=N–C) groups is 1. The molecule has 3 aromatic rings. The standard InChI is InChI=1S/C21H20ClF2N5O/c1-21(2,3)27-20(26-19(30)13-6-9-15(22)16(24)10-13)25-18-11-17(28-29-18)12-4-7-14(23)8-5-12/h4-11H,1-3H3,(H3,25,26,27,28,29,30). The van der Waals surface area contributed by atoms with E-state index in [-0.39, 0.29) is 22.4 Å². The highest BCUT2D eigenvalue weighted by atomic mass is 35.5. The first kappa shape index (κ1) is 21.4. The van der Waals surface area contributed by atoms with Gasteiger partial charge in [-0.25, -0.2) is 8.78 Å². The van der Waals surface area contributed by atoms with E-state index in [0.717, 1.165) is 11.6 Å². The molecule has 1 heterocycles. The van der Waals surface area contributed by atoms with Crippen molar-refractivity contribution in [3.05, 3.63) is 70.8 Å². The first-order valence-corrected chi connectivity index (χ1v) is 9.43. The van der Waals surface area contributed by atoms with E-state index in [9.17, 15) is 13.6 Å². The van der Waals surface area contributed by atoms with Crippen molar-refractivity contribution in [2.75, 3.05) is 5.32 Å². The molecule has 1 amide bonds. The number of aromatic amines is 1. The molecule has 156 valence electrons. The number of guanidine groups is 1. The highest BCUT2D eigenvalue weighted by Gasteiger charge is 2.16. The predicted octanol–water partition coefficient (Wildman–Crippen LogP) is 5.00. The van der Waals surface area contributed by atoms with Gasteiger partial charge in [0, 0.05) is 22.7 Å². The van der Waals surface area contributed by atoms with E-state index in [0.29, 0.717) is 11.5 Å². The van der Waals surface area contributed by atoms with Crippen LogP contribution >= 0.6 is 11.6 Å². The maximum atomic E-state index is 13.7. The van der Waals surface area contributed by atoms with Crippen molar-refractivity contribution in [2.24, 2.45) is 4.99 Å². The number of aromatic nitrogens is 2. The molecule has 0 aliphatic heterocycles. The number of hydrogen-bond acceptors (Lipinski definition) is 2. The number of benzene rings is 2. The van der Waals surface area contributed by atoms with Crippen molar-refractivity contribution in [1.82, 2.24) is 15.5 Å². The first-order chi connectivity index (χ1) is 14.1. The maximum absolute atomic E-state index is 13.7. The minimum atomic E-state index is -0.700. The predicted molar refractivity (Wildman–Crippen MR) is 114 cm³/mol. The number of hydrogen-bond donors (Lipinski definition) is 3. The number of carbonyl (C=O) groups excluding carboxylic acids is 1. The second kappa shape index (κ2) is 8.62. The molecule has 6 nitrogen and oxygen atoms in total. The number of H-pyrrole nitrogens is 1. The maximum Gasteiger partial charge on any atom is 0.280 e. The second-order valence-corrected chi connectivity index (χ2v) is 7.98. The van der Waals surface area contributed by atoms with Gasteiger partial charge in [-0.3, -0.25) is 9.89 Å². The SMILES string of the molecule is CC(C)(C)N/C(=N/C(=O)c1ccc(Cl)c(F)c1)Nc1cc(-c2ccc(F)cc2)n[nH]1. The fourth-order valence-electron chi connectivity index (χ4n) is 2.52. The summed E-state index contributed by atoms with van der Waals surface area (Å²) in [6, 6.07) is 11.3. The monoisotopic (exact) mass is 431 g/mol. The molecule has 2 aromatic carbocycles. The summed E-state index contributed by atoms with van der Waals surface area (Å²) < 4.78 is 26.8. The van der Waals surface area contributed by atoms with Crippen LogP contribution < -0.4 is 10.6 Å². The minimum Gasteiger partial charge on any atom is -0.351 e. The normalized spacial score (nSPS) is 12.0. The number of carbonyl (C=O) groups is 1. The molecular weight excluding hydrogens is 412 g/mol. The Kier molecular flexibility index (Phi) is 6.17. The van der Waals surface area contributed by atoms with Gasteiger partial charge in [-0.2, -0.15) is 10.1 Å². The number of nitrogens with zero attached hydrogens (tertiary/aromatic N) is 2. The number of rotatable bonds is 3. The molecule has 3 rings (SSSR count). The van der Waals surface area contributed by atoms with E-state index in [1.807, 2.05) is 20.8 Å². The van der Waals surface area contributed by atoms with Gasteiger partial charge in [-0.15, -0.1) is 0 Å². The summed E-state index contributed by atoms with van der Waals surface area (Å²) in [6.45, 7) is 5.69. The lowest BCUT2D eigenvalue weighted by Gasteiger charge is -2.23. The van der Waals surface area contributed by atoms with Gasteiger partial charge < -0.3 is 10.6 Å². The van der Waals surface area contributed by atoms with Crippen LogP contribution in [0, 0.1) is 11.6 Å². The zero-order valence-electron chi connectivity index (χ0n) is 16.6. The van der Waals surface area contributed by atoms with E-state index in [1.54, 1.807) is 18.2 Å². The van der Waals surface area contributed by atoms with Gasteiger partial charge in [-0.1, -0.05) is 11.6 Å². The third-order valence-electron chi connectivity index (χ3n) is 3.84. The van der Waals surface area contributed by atoms with Crippen molar-refractivity contribution >= 4 is 29.3 Å². The van der Waals surface area contributed by atoms with Crippen molar-refractivity contribution in [3.63, 3.8) is 0 Å². The number of amides is 1. The lowest BCUT2D eigenvalue weighted by molar-refractivity contribution is 0.100. The quantitative estimate of drug-likeness (QED) is 0.402. The Morgan fingerprint density at radius 1 is 1.10 bits per heavy atom. The Bertz CT molecular complexity index is 1090. The summed E-state index contributed by atoms with van der Waals surface area (Å²) in [6.07, 6.45) is 0. The van der Waals surface area contributed by atoms with Gasteiger partial charge in [0.15, 0.2) is 0 Å². The second-order valence-electron chi connectivity index (χ2n) is 7.57. The summed E-state index contributed by atoms with van der Waals surface area (Å²) in [5.41, 5.74) is 0.940. The zero-order chi connectivity index (χ0) is 21.9. The summed E-state index contributed by atoms with van der Waals surface area (Å²) in [5.74, 6) is -1.08. The number of anilines is 1. The van der Waals surface area contributed by atoms with Crippen molar-refractivity contribution in [1.29, 1.82) is 0 Å². The summed E-state index contributed by atoms with van der Waals surface area (Å²) in [7, 11) is 0. The molecule has 0 fully saturated rings. The van der Waals surface area contributed by atoms with E-state index < -0.39 is 17.3 Å². The molecule has 1 aromatic heterocycles. The van der Waals surface area contributed by atoms with Crippen LogP contribution in [-0.2, 0) is 0 Å². The number of halogens is 3. The molecule has 0 saturated heterocycles. The molecule has 3 N–H and O–H groups in total. The van der Waals surface area contributed by atoms with Crippen LogP contribution in [0.5, 0.6) is 0 Å². The Hall–Kier alpha value is -3.26. The molecule has 0 unspecified atom stereocenters. The first-order valence-electron chi connectivity index (χ1n) is 9.05. The van der Waals surface area contributed by atoms with Gasteiger partial charge in [0.05, 0.1) is 10.7 Å². The van der Waals surface area contributed by atoms with Crippen molar-refractivity contribution in [3.8, 4) is 11.3 Å². The van der Waals surface area contributed by atoms with Crippen molar-refractivity contribution in [2.45, 2.75) is 26.3 Å². The van der Waals surface area contributed by atoms with Crippen LogP contribution in [0.15, 0.2) is 53.5 Å². The highest BCUT2D eigenvalue weighted by molar-refractivity contribution is 6.30. The van der Waals surface area contributed by atoms with Crippen LogP contribution in [0.25, 0.3) is 11.3 Å². The van der Waals surface area contributed by atoms with Crippen LogP contribution in [0.4, 0.5) is 14.6 Å². The summed E-state index contributed by atoms with van der Waals surface area (Å²) in [4.78, 5) is 16.6. The molecule has 0 atom stereocenters. The number of nitrogens with one attached hydrogen (secondary N) is 3. The van der Waals surface area contributed by atoms with Crippen LogP contribution in [-0.4, -0.2) is 27.6 Å². The Morgan fingerprint density at radius 2 is 1.80 bits per heavy atom. The highest BCUT2D eigenvalue weighted by Crippen LogP contribution is 2.20. The molecule has 0 radical (unpaired) electrons. The zero-order valence-corrected chi connectivity index (χ0v) is 17.3. The average molecular weight is 432 g/mol. The van der Waals surface area contributed by atoms with Gasteiger partial charge >= 0.3 is 0 Å². The third kappa shape index (κ3) is 5.64. The molecule has 0 spiro atoms. The van der Waals surface area contributed by atoms with E-state index in [2.05, 4.69) is 25.8 Å². The molecule has 0 aliphatic rings. The van der Waals surface area contributed by atoms with Crippen molar-refractivity contribution < 1.29 is 13.6 Å². The minimum absolute atomic E-state index is 0.0588. The van der Waals surface area contributed by atoms with Crippen LogP contribution in [0.3, 0.4) is 0 Å². The Balaban J connectivity index is 1.85. The van der Waals surface area contributed by atoms with Gasteiger partial charge in [0.25, 0.3) is 5.91 Å². The largest absolute Gasteiger partial charge is 0.351 e. The van der Waals surface area contributed by atoms with Crippen LogP contribution in [0.2, 0.25) is 5.02 Å². The van der Waals surface area contributed by atoms with E-state index >= 15 is 0 Å². The van der Waals surface area contributed by atoms with E-state index in [1.165, 1.54) is 24.3 Å². The summed E-state index contributed by atoms with van der Waals surface area (Å²) in [5, 5.41) is 13.0. The molecule has 30 heavy (non-hydrogen) atoms. The Morgan fingerprint density at radius 3 is 2.43 bits per heavy atom. The van der Waals surface area contributed by atoms with Crippen LogP contribution in [0.1, 0.15) is 31.1 Å². The average Bonchev–Trinajstić information content (AvgIpc) is 3.11. The van der Waals surface area contributed by atoms with Gasteiger partial charge in [-0.05, 0) is 63.2 Å². The van der Waals surface area contributed by atoms with Gasteiger partial charge in [0.1, 0.15) is 17.5 Å². The van der Waals surface area contributed by atoms with Gasteiger partial charge in [0.2, 0.25) is 5.96 Å². The molecule has 9 heteroatoms. The summed E-state index contributed by atoms with van der Waals surface area (Å²) >= 11 is 5.67. The van der Waals surface area contributed by atoms with E-state index in [4.69, 9.17) is 11.6 Å². The smallest absolute Gasteiger partial charge is 0.280 e. The molecule has 0 aliphatic carbocycles. The lowest BCUT2D eigenvalue weighted by atomic mass is 10.1. The molecule has 0 bridgehead atoms. The third-order valence-corrected chi connectivity index (χ3v) is 4.15. The fourth-order valence-corrected chi connectivity index (χ4v) is 2.64. The topological polar surface area (TPSA) is 82.2 Å². The lowest BCUT2D eigenvalue weighted by Crippen LogP contribution is -2.44.